The van der Waals surface area contributed by atoms with Gasteiger partial charge in [-0.05, 0) is 39.2 Å². The van der Waals surface area contributed by atoms with E-state index in [-0.39, 0.29) is 17.2 Å². The molecule has 2 amide bonds. The topological polar surface area (TPSA) is 87.3 Å². The summed E-state index contributed by atoms with van der Waals surface area (Å²) in [4.78, 5) is 28.1. The maximum atomic E-state index is 13.5. The van der Waals surface area contributed by atoms with Gasteiger partial charge in [-0.2, -0.15) is 5.10 Å². The van der Waals surface area contributed by atoms with Gasteiger partial charge in [-0.3, -0.25) is 14.7 Å². The molecule has 160 valence electrons. The molecule has 7 heteroatoms. The summed E-state index contributed by atoms with van der Waals surface area (Å²) >= 11 is 0. The Hall–Kier alpha value is -2.67. The highest BCUT2D eigenvalue weighted by atomic mass is 16.5. The summed E-state index contributed by atoms with van der Waals surface area (Å²) in [5, 5.41) is 10.4. The van der Waals surface area contributed by atoms with Crippen LogP contribution in [0.5, 0.6) is 0 Å². The van der Waals surface area contributed by atoms with E-state index in [9.17, 15) is 9.59 Å². The first kappa shape index (κ1) is 20.6. The number of rotatable bonds is 6. The Morgan fingerprint density at radius 3 is 2.53 bits per heavy atom. The average molecular weight is 411 g/mol. The number of fused-ring (bicyclic) bond motifs is 1. The third-order valence-corrected chi connectivity index (χ3v) is 6.63. The van der Waals surface area contributed by atoms with Crippen LogP contribution in [0.1, 0.15) is 69.9 Å². The number of hydrogen-bond donors (Lipinski definition) is 2. The molecule has 0 spiro atoms. The normalized spacial score (nSPS) is 19.7. The second-order valence-corrected chi connectivity index (χ2v) is 9.02. The number of hydrogen-bond acceptors (Lipinski definition) is 4. The fourth-order valence-corrected chi connectivity index (χ4v) is 4.41. The lowest BCUT2D eigenvalue weighted by Gasteiger charge is -2.36. The third-order valence-electron chi connectivity index (χ3n) is 6.63. The Morgan fingerprint density at radius 1 is 1.23 bits per heavy atom. The summed E-state index contributed by atoms with van der Waals surface area (Å²) < 4.78 is 5.85. The summed E-state index contributed by atoms with van der Waals surface area (Å²) in [6.07, 6.45) is 2.21. The molecule has 2 aliphatic rings. The van der Waals surface area contributed by atoms with E-state index in [1.54, 1.807) is 0 Å². The number of ether oxygens (including phenoxy) is 1. The number of nitrogens with one attached hydrogen (secondary N) is 2. The molecule has 1 aliphatic heterocycles. The van der Waals surface area contributed by atoms with E-state index in [1.165, 1.54) is 0 Å². The van der Waals surface area contributed by atoms with Crippen molar-refractivity contribution in [3.8, 4) is 0 Å². The van der Waals surface area contributed by atoms with E-state index in [0.29, 0.717) is 19.0 Å². The summed E-state index contributed by atoms with van der Waals surface area (Å²) in [5.74, 6) is 0.433. The highest BCUT2D eigenvalue weighted by Gasteiger charge is 2.47. The summed E-state index contributed by atoms with van der Waals surface area (Å²) in [7, 11) is 0. The van der Waals surface area contributed by atoms with Crippen LogP contribution in [0.15, 0.2) is 30.3 Å². The molecule has 1 aromatic heterocycles. The minimum atomic E-state index is -0.667. The number of anilines is 1. The zero-order valence-electron chi connectivity index (χ0n) is 18.1. The lowest BCUT2D eigenvalue weighted by molar-refractivity contribution is -0.149. The van der Waals surface area contributed by atoms with Crippen molar-refractivity contribution in [2.24, 2.45) is 5.41 Å². The van der Waals surface area contributed by atoms with Crippen molar-refractivity contribution in [2.75, 3.05) is 11.9 Å². The van der Waals surface area contributed by atoms with E-state index in [4.69, 9.17) is 4.74 Å². The van der Waals surface area contributed by atoms with E-state index >= 15 is 0 Å². The number of amides is 2. The number of aromatic nitrogens is 2. The van der Waals surface area contributed by atoms with Crippen molar-refractivity contribution >= 4 is 17.6 Å². The van der Waals surface area contributed by atoms with Crippen LogP contribution in [0, 0.1) is 5.41 Å². The van der Waals surface area contributed by atoms with Gasteiger partial charge in [0.2, 0.25) is 5.91 Å². The smallest absolute Gasteiger partial charge is 0.257 e. The molecular weight excluding hydrogens is 380 g/mol. The summed E-state index contributed by atoms with van der Waals surface area (Å²) in [5.41, 5.74) is 1.65. The van der Waals surface area contributed by atoms with Crippen molar-refractivity contribution < 1.29 is 14.3 Å². The number of nitrogens with zero attached hydrogens (tertiary/aromatic N) is 2. The highest BCUT2D eigenvalue weighted by Crippen LogP contribution is 2.44. The van der Waals surface area contributed by atoms with Crippen LogP contribution in [0.2, 0.25) is 0 Å². The molecule has 1 atom stereocenters. The van der Waals surface area contributed by atoms with Crippen LogP contribution in [0.4, 0.5) is 5.82 Å². The number of aromatic amines is 1. The van der Waals surface area contributed by atoms with E-state index in [0.717, 1.165) is 36.1 Å². The molecule has 2 aromatic rings. The van der Waals surface area contributed by atoms with Crippen LogP contribution >= 0.6 is 0 Å². The maximum Gasteiger partial charge on any atom is 0.257 e. The lowest BCUT2D eigenvalue weighted by atomic mass is 9.70. The molecule has 1 aliphatic carbocycles. The predicted molar refractivity (Wildman–Crippen MR) is 114 cm³/mol. The molecule has 2 heterocycles. The first-order chi connectivity index (χ1) is 14.3. The van der Waals surface area contributed by atoms with Gasteiger partial charge in [-0.15, -0.1) is 0 Å². The molecule has 1 saturated carbocycles. The monoisotopic (exact) mass is 410 g/mol. The van der Waals surface area contributed by atoms with Gasteiger partial charge in [-0.25, -0.2) is 0 Å². The Bertz CT molecular complexity index is 947. The average Bonchev–Trinajstić information content (AvgIpc) is 3.22. The summed E-state index contributed by atoms with van der Waals surface area (Å²) in [6, 6.07) is 9.56. The van der Waals surface area contributed by atoms with Crippen molar-refractivity contribution in [3.05, 3.63) is 47.2 Å². The van der Waals surface area contributed by atoms with Gasteiger partial charge in [0, 0.05) is 17.6 Å². The quantitative estimate of drug-likeness (QED) is 0.756. The first-order valence-corrected chi connectivity index (χ1v) is 10.6. The van der Waals surface area contributed by atoms with Gasteiger partial charge in [0.15, 0.2) is 11.9 Å². The van der Waals surface area contributed by atoms with E-state index in [2.05, 4.69) is 15.5 Å². The van der Waals surface area contributed by atoms with Crippen LogP contribution in [-0.4, -0.2) is 33.5 Å². The number of carbonyl (C=O) groups is 2. The molecule has 1 fully saturated rings. The van der Waals surface area contributed by atoms with Gasteiger partial charge in [0.05, 0.1) is 17.8 Å². The molecule has 0 bridgehead atoms. The van der Waals surface area contributed by atoms with Gasteiger partial charge >= 0.3 is 0 Å². The van der Waals surface area contributed by atoms with Crippen LogP contribution in [0.3, 0.4) is 0 Å². The van der Waals surface area contributed by atoms with Crippen molar-refractivity contribution in [1.82, 2.24) is 15.1 Å². The van der Waals surface area contributed by atoms with E-state index < -0.39 is 11.6 Å². The largest absolute Gasteiger partial charge is 0.364 e. The fraction of sp³-hybridized carbons (Fsp3) is 0.522. The SMILES string of the molecule is CCOC(C(=O)N1Cc2c(NC(=O)C3(C)CCC3)n[nH]c2C1(C)C)c1ccccc1. The molecule has 0 saturated heterocycles. The fourth-order valence-electron chi connectivity index (χ4n) is 4.41. The molecule has 1 aromatic carbocycles. The van der Waals surface area contributed by atoms with Crippen LogP contribution in [-0.2, 0) is 26.4 Å². The molecule has 30 heavy (non-hydrogen) atoms. The predicted octanol–water partition coefficient (Wildman–Crippen LogP) is 3.89. The maximum absolute atomic E-state index is 13.5. The van der Waals surface area contributed by atoms with Crippen molar-refractivity contribution in [3.63, 3.8) is 0 Å². The number of benzene rings is 1. The minimum Gasteiger partial charge on any atom is -0.364 e. The van der Waals surface area contributed by atoms with Crippen molar-refractivity contribution in [1.29, 1.82) is 0 Å². The molecular formula is C23H30N4O3. The van der Waals surface area contributed by atoms with E-state index in [1.807, 2.05) is 62.9 Å². The first-order valence-electron chi connectivity index (χ1n) is 10.6. The molecule has 2 N–H and O–H groups in total. The second kappa shape index (κ2) is 7.54. The third kappa shape index (κ3) is 3.31. The highest BCUT2D eigenvalue weighted by molar-refractivity contribution is 5.96. The Kier molecular flexibility index (Phi) is 5.18. The molecule has 0 radical (unpaired) electrons. The number of carbonyl (C=O) groups excluding carboxylic acids is 2. The van der Waals surface area contributed by atoms with Crippen LogP contribution < -0.4 is 5.32 Å². The number of H-pyrrole nitrogens is 1. The zero-order chi connectivity index (χ0) is 21.5. The summed E-state index contributed by atoms with van der Waals surface area (Å²) in [6.45, 7) is 8.67. The Labute approximate surface area is 177 Å². The van der Waals surface area contributed by atoms with Gasteiger partial charge in [0.25, 0.3) is 5.91 Å². The Balaban J connectivity index is 1.58. The van der Waals surface area contributed by atoms with Crippen LogP contribution in [0.25, 0.3) is 0 Å². The second-order valence-electron chi connectivity index (χ2n) is 9.02. The van der Waals surface area contributed by atoms with Crippen molar-refractivity contribution in [2.45, 2.75) is 65.1 Å². The van der Waals surface area contributed by atoms with Gasteiger partial charge in [-0.1, -0.05) is 43.7 Å². The standard InChI is InChI=1S/C23H30N4O3/c1-5-30-17(15-10-7-6-8-11-15)20(28)27-14-16-18(22(27,2)3)25-26-19(16)24-21(29)23(4)12-9-13-23/h6-8,10-11,17H,5,9,12-14H2,1-4H3,(H2,24,25,26,29). The zero-order valence-corrected chi connectivity index (χ0v) is 18.1. The van der Waals surface area contributed by atoms with Gasteiger partial charge < -0.3 is 15.0 Å². The Morgan fingerprint density at radius 2 is 1.93 bits per heavy atom. The molecule has 4 rings (SSSR count). The molecule has 1 unspecified atom stereocenters. The van der Waals surface area contributed by atoms with Gasteiger partial charge in [0.1, 0.15) is 0 Å². The minimum absolute atomic E-state index is 0.00195. The molecule has 7 nitrogen and oxygen atoms in total. The lowest BCUT2D eigenvalue weighted by Crippen LogP contribution is -2.44.